The van der Waals surface area contributed by atoms with Gasteiger partial charge in [-0.15, -0.1) is 0 Å². The lowest BCUT2D eigenvalue weighted by molar-refractivity contribution is -0.118. The molecule has 3 aromatic rings. The van der Waals surface area contributed by atoms with Crippen molar-refractivity contribution in [2.45, 2.75) is 18.6 Å². The summed E-state index contributed by atoms with van der Waals surface area (Å²) in [5.41, 5.74) is 3.75. The highest BCUT2D eigenvalue weighted by molar-refractivity contribution is 7.99. The lowest BCUT2D eigenvalue weighted by Crippen LogP contribution is -2.24. The first kappa shape index (κ1) is 18.9. The highest BCUT2D eigenvalue weighted by Crippen LogP contribution is 2.23. The Bertz CT molecular complexity index is 899. The van der Waals surface area contributed by atoms with Gasteiger partial charge in [-0.25, -0.2) is 9.97 Å². The van der Waals surface area contributed by atoms with E-state index in [1.165, 1.54) is 11.8 Å². The Morgan fingerprint density at radius 3 is 2.52 bits per heavy atom. The van der Waals surface area contributed by atoms with E-state index in [2.05, 4.69) is 15.3 Å². The molecular weight excluding hydrogens is 358 g/mol. The molecule has 0 bridgehead atoms. The van der Waals surface area contributed by atoms with Crippen LogP contribution >= 0.6 is 11.8 Å². The Morgan fingerprint density at radius 2 is 1.81 bits per heavy atom. The van der Waals surface area contributed by atoms with Crippen molar-refractivity contribution in [2.75, 3.05) is 12.9 Å². The van der Waals surface area contributed by atoms with Gasteiger partial charge in [-0.05, 0) is 42.8 Å². The van der Waals surface area contributed by atoms with Crippen molar-refractivity contribution in [3.8, 4) is 17.0 Å². The third-order valence-corrected chi connectivity index (χ3v) is 4.73. The normalized spacial score (nSPS) is 10.4. The number of thioether (sulfide) groups is 1. The van der Waals surface area contributed by atoms with Crippen LogP contribution in [0, 0.1) is 6.92 Å². The van der Waals surface area contributed by atoms with Crippen molar-refractivity contribution in [3.63, 3.8) is 0 Å². The topological polar surface area (TPSA) is 64.1 Å². The van der Waals surface area contributed by atoms with Crippen LogP contribution in [0.4, 0.5) is 0 Å². The fourth-order valence-corrected chi connectivity index (χ4v) is 3.23. The molecule has 6 heteroatoms. The molecule has 0 aliphatic rings. The van der Waals surface area contributed by atoms with Crippen molar-refractivity contribution in [1.82, 2.24) is 15.3 Å². The Balaban J connectivity index is 1.61. The summed E-state index contributed by atoms with van der Waals surface area (Å²) in [7, 11) is 1.64. The minimum absolute atomic E-state index is 0.0417. The predicted octanol–water partition coefficient (Wildman–Crippen LogP) is 3.87. The SMILES string of the molecule is COc1ccc(-c2cc(C)nc(SCC(=O)NCc3ccccc3)n2)cc1. The molecule has 0 spiro atoms. The van der Waals surface area contributed by atoms with Crippen molar-refractivity contribution >= 4 is 17.7 Å². The van der Waals surface area contributed by atoms with Gasteiger partial charge in [-0.2, -0.15) is 0 Å². The summed E-state index contributed by atoms with van der Waals surface area (Å²) in [6.07, 6.45) is 0. The second kappa shape index (κ2) is 9.19. The van der Waals surface area contributed by atoms with Crippen molar-refractivity contribution in [2.24, 2.45) is 0 Å². The van der Waals surface area contributed by atoms with Gasteiger partial charge in [0, 0.05) is 17.8 Å². The molecule has 3 rings (SSSR count). The third-order valence-electron chi connectivity index (χ3n) is 3.88. The van der Waals surface area contributed by atoms with Crippen LogP contribution in [0.2, 0.25) is 0 Å². The number of aryl methyl sites for hydroxylation is 1. The Kier molecular flexibility index (Phi) is 6.44. The highest BCUT2D eigenvalue weighted by Gasteiger charge is 2.09. The first-order chi connectivity index (χ1) is 13.1. The van der Waals surface area contributed by atoms with E-state index in [1.54, 1.807) is 7.11 Å². The number of amides is 1. The fourth-order valence-electron chi connectivity index (χ4n) is 2.49. The average Bonchev–Trinajstić information content (AvgIpc) is 2.71. The van der Waals surface area contributed by atoms with Gasteiger partial charge in [0.05, 0.1) is 18.6 Å². The summed E-state index contributed by atoms with van der Waals surface area (Å²) >= 11 is 1.34. The molecule has 1 heterocycles. The zero-order chi connectivity index (χ0) is 19.1. The zero-order valence-electron chi connectivity index (χ0n) is 15.3. The van der Waals surface area contributed by atoms with E-state index in [0.717, 1.165) is 28.3 Å². The van der Waals surface area contributed by atoms with E-state index in [4.69, 9.17) is 4.74 Å². The molecule has 0 fully saturated rings. The van der Waals surface area contributed by atoms with E-state index in [1.807, 2.05) is 67.6 Å². The number of rotatable bonds is 7. The number of hydrogen-bond donors (Lipinski definition) is 1. The molecule has 0 unspecified atom stereocenters. The quantitative estimate of drug-likeness (QED) is 0.499. The molecule has 2 aromatic carbocycles. The van der Waals surface area contributed by atoms with Crippen LogP contribution in [0.3, 0.4) is 0 Å². The van der Waals surface area contributed by atoms with Gasteiger partial charge >= 0.3 is 0 Å². The molecular formula is C21H21N3O2S. The smallest absolute Gasteiger partial charge is 0.230 e. The number of carbonyl (C=O) groups is 1. The van der Waals surface area contributed by atoms with Crippen LogP contribution in [-0.2, 0) is 11.3 Å². The summed E-state index contributed by atoms with van der Waals surface area (Å²) in [6.45, 7) is 2.44. The predicted molar refractivity (Wildman–Crippen MR) is 108 cm³/mol. The lowest BCUT2D eigenvalue weighted by Gasteiger charge is -2.08. The van der Waals surface area contributed by atoms with E-state index < -0.39 is 0 Å². The first-order valence-corrected chi connectivity index (χ1v) is 9.56. The maximum absolute atomic E-state index is 12.1. The minimum Gasteiger partial charge on any atom is -0.497 e. The fraction of sp³-hybridized carbons (Fsp3) is 0.190. The average molecular weight is 379 g/mol. The van der Waals surface area contributed by atoms with Crippen LogP contribution < -0.4 is 10.1 Å². The molecule has 1 amide bonds. The maximum atomic E-state index is 12.1. The summed E-state index contributed by atoms with van der Waals surface area (Å²) in [5.74, 6) is 1.03. The summed E-state index contributed by atoms with van der Waals surface area (Å²) in [4.78, 5) is 21.1. The Labute approximate surface area is 163 Å². The van der Waals surface area contributed by atoms with Gasteiger partial charge < -0.3 is 10.1 Å². The molecule has 27 heavy (non-hydrogen) atoms. The molecule has 0 saturated carbocycles. The van der Waals surface area contributed by atoms with E-state index >= 15 is 0 Å². The zero-order valence-corrected chi connectivity index (χ0v) is 16.1. The first-order valence-electron chi connectivity index (χ1n) is 8.57. The lowest BCUT2D eigenvalue weighted by atomic mass is 10.1. The standard InChI is InChI=1S/C21H21N3O2S/c1-15-12-19(17-8-10-18(26-2)11-9-17)24-21(23-15)27-14-20(25)22-13-16-6-4-3-5-7-16/h3-12H,13-14H2,1-2H3,(H,22,25). The van der Waals surface area contributed by atoms with E-state index in [-0.39, 0.29) is 11.7 Å². The van der Waals surface area contributed by atoms with Gasteiger partial charge in [-0.3, -0.25) is 4.79 Å². The number of aromatic nitrogens is 2. The van der Waals surface area contributed by atoms with E-state index in [9.17, 15) is 4.79 Å². The molecule has 138 valence electrons. The number of methoxy groups -OCH3 is 1. The second-order valence-corrected chi connectivity index (χ2v) is 6.90. The molecule has 0 aliphatic carbocycles. The van der Waals surface area contributed by atoms with Gasteiger partial charge in [-0.1, -0.05) is 42.1 Å². The van der Waals surface area contributed by atoms with Crippen LogP contribution in [0.25, 0.3) is 11.3 Å². The van der Waals surface area contributed by atoms with E-state index in [0.29, 0.717) is 11.7 Å². The van der Waals surface area contributed by atoms with Crippen LogP contribution in [0.5, 0.6) is 5.75 Å². The number of carbonyl (C=O) groups excluding carboxylic acids is 1. The van der Waals surface area contributed by atoms with Gasteiger partial charge in [0.25, 0.3) is 0 Å². The number of benzene rings is 2. The molecule has 0 aliphatic heterocycles. The van der Waals surface area contributed by atoms with Crippen LogP contribution in [-0.4, -0.2) is 28.7 Å². The summed E-state index contributed by atoms with van der Waals surface area (Å²) in [6, 6.07) is 19.5. The highest BCUT2D eigenvalue weighted by atomic mass is 32.2. The molecule has 1 aromatic heterocycles. The Hall–Kier alpha value is -2.86. The second-order valence-electron chi connectivity index (χ2n) is 5.96. The number of nitrogens with zero attached hydrogens (tertiary/aromatic N) is 2. The summed E-state index contributed by atoms with van der Waals surface area (Å²) in [5, 5.41) is 3.51. The summed E-state index contributed by atoms with van der Waals surface area (Å²) < 4.78 is 5.19. The molecule has 0 saturated heterocycles. The molecule has 0 radical (unpaired) electrons. The Morgan fingerprint density at radius 1 is 1.07 bits per heavy atom. The van der Waals surface area contributed by atoms with Crippen LogP contribution in [0.1, 0.15) is 11.3 Å². The van der Waals surface area contributed by atoms with Gasteiger partial charge in [0.1, 0.15) is 5.75 Å². The third kappa shape index (κ3) is 5.56. The van der Waals surface area contributed by atoms with Crippen LogP contribution in [0.15, 0.2) is 65.8 Å². The molecule has 5 nitrogen and oxygen atoms in total. The largest absolute Gasteiger partial charge is 0.497 e. The van der Waals surface area contributed by atoms with Gasteiger partial charge in [0.15, 0.2) is 5.16 Å². The number of nitrogens with one attached hydrogen (secondary N) is 1. The van der Waals surface area contributed by atoms with Gasteiger partial charge in [0.2, 0.25) is 5.91 Å². The van der Waals surface area contributed by atoms with Crippen molar-refractivity contribution in [3.05, 3.63) is 71.9 Å². The number of ether oxygens (including phenoxy) is 1. The number of hydrogen-bond acceptors (Lipinski definition) is 5. The maximum Gasteiger partial charge on any atom is 0.230 e. The van der Waals surface area contributed by atoms with Crippen molar-refractivity contribution in [1.29, 1.82) is 0 Å². The van der Waals surface area contributed by atoms with Crippen molar-refractivity contribution < 1.29 is 9.53 Å². The monoisotopic (exact) mass is 379 g/mol. The minimum atomic E-state index is -0.0417. The molecule has 1 N–H and O–H groups in total. The molecule has 0 atom stereocenters.